The summed E-state index contributed by atoms with van der Waals surface area (Å²) in [5, 5.41) is 8.60. The molecule has 1 heterocycles. The predicted molar refractivity (Wildman–Crippen MR) is 61.0 cm³/mol. The van der Waals surface area contributed by atoms with E-state index in [1.165, 1.54) is 0 Å². The van der Waals surface area contributed by atoms with Crippen LogP contribution in [0.4, 0.5) is 8.78 Å². The molecule has 0 spiro atoms. The second kappa shape index (κ2) is 5.15. The Balaban J connectivity index is 3.28. The van der Waals surface area contributed by atoms with Gasteiger partial charge in [-0.15, -0.1) is 0 Å². The van der Waals surface area contributed by atoms with Gasteiger partial charge in [-0.1, -0.05) is 0 Å². The lowest BCUT2D eigenvalue weighted by Crippen LogP contribution is -2.07. The Hall–Kier alpha value is -0.310. The molecule has 1 aromatic rings. The lowest BCUT2D eigenvalue weighted by molar-refractivity contribution is -0.136. The Bertz CT molecular complexity index is 400. The van der Waals surface area contributed by atoms with Crippen molar-refractivity contribution in [2.45, 2.75) is 12.8 Å². The van der Waals surface area contributed by atoms with Crippen molar-refractivity contribution in [2.24, 2.45) is 0 Å². The number of pyridine rings is 1. The normalized spacial score (nSPS) is 10.7. The van der Waals surface area contributed by atoms with Gasteiger partial charge in [-0.3, -0.25) is 4.79 Å². The van der Waals surface area contributed by atoms with Crippen molar-refractivity contribution in [1.29, 1.82) is 0 Å². The Labute approximate surface area is 106 Å². The van der Waals surface area contributed by atoms with Crippen LogP contribution >= 0.6 is 38.5 Å². The average Bonchev–Trinajstić information content (AvgIpc) is 2.12. The summed E-state index contributed by atoms with van der Waals surface area (Å²) in [6.45, 7) is 0. The number of aromatic nitrogens is 1. The Morgan fingerprint density at radius 1 is 1.67 bits per heavy atom. The van der Waals surface area contributed by atoms with Crippen LogP contribution in [0.15, 0.2) is 10.7 Å². The standard InChI is InChI=1S/C8H5BrF2INO2/c9-6-3(1-5(14)15)4(7(10)11)2-13-8(6)12/h2,7H,1H2,(H,14,15). The van der Waals surface area contributed by atoms with Gasteiger partial charge in [0, 0.05) is 11.8 Å². The number of hydrogen-bond donors (Lipinski definition) is 1. The molecule has 7 heteroatoms. The molecule has 0 radical (unpaired) electrons. The quantitative estimate of drug-likeness (QED) is 0.636. The van der Waals surface area contributed by atoms with E-state index in [0.717, 1.165) is 6.20 Å². The van der Waals surface area contributed by atoms with Crippen LogP contribution in [0.2, 0.25) is 0 Å². The summed E-state index contributed by atoms with van der Waals surface area (Å²) < 4.78 is 25.9. The molecule has 82 valence electrons. The van der Waals surface area contributed by atoms with Gasteiger partial charge in [-0.2, -0.15) is 0 Å². The first kappa shape index (κ1) is 12.8. The van der Waals surface area contributed by atoms with E-state index in [2.05, 4.69) is 20.9 Å². The van der Waals surface area contributed by atoms with Gasteiger partial charge in [0.2, 0.25) is 0 Å². The van der Waals surface area contributed by atoms with Gasteiger partial charge in [0.15, 0.2) is 0 Å². The molecule has 0 amide bonds. The number of rotatable bonds is 3. The Kier molecular flexibility index (Phi) is 4.38. The smallest absolute Gasteiger partial charge is 0.307 e. The fraction of sp³-hybridized carbons (Fsp3) is 0.250. The lowest BCUT2D eigenvalue weighted by Gasteiger charge is -2.09. The molecule has 0 bridgehead atoms. The van der Waals surface area contributed by atoms with Crippen LogP contribution < -0.4 is 0 Å². The molecule has 0 aliphatic heterocycles. The van der Waals surface area contributed by atoms with E-state index in [0.29, 0.717) is 8.17 Å². The largest absolute Gasteiger partial charge is 0.481 e. The molecule has 15 heavy (non-hydrogen) atoms. The summed E-state index contributed by atoms with van der Waals surface area (Å²) in [7, 11) is 0. The zero-order valence-corrected chi connectivity index (χ0v) is 10.9. The fourth-order valence-electron chi connectivity index (χ4n) is 1.03. The second-order valence-corrected chi connectivity index (χ2v) is 4.48. The molecule has 0 aromatic carbocycles. The van der Waals surface area contributed by atoms with E-state index in [1.807, 2.05) is 22.6 Å². The minimum absolute atomic E-state index is 0.0805. The average molecular weight is 392 g/mol. The zero-order valence-electron chi connectivity index (χ0n) is 7.18. The van der Waals surface area contributed by atoms with Crippen LogP contribution in [0.1, 0.15) is 17.6 Å². The Morgan fingerprint density at radius 3 is 2.73 bits per heavy atom. The fourth-order valence-corrected chi connectivity index (χ4v) is 1.97. The van der Waals surface area contributed by atoms with Gasteiger partial charge in [-0.25, -0.2) is 13.8 Å². The first-order valence-electron chi connectivity index (χ1n) is 3.76. The number of hydrogen-bond acceptors (Lipinski definition) is 2. The summed E-state index contributed by atoms with van der Waals surface area (Å²) in [6.07, 6.45) is -2.16. The number of nitrogens with zero attached hydrogens (tertiary/aromatic N) is 1. The van der Waals surface area contributed by atoms with Crippen molar-refractivity contribution >= 4 is 44.5 Å². The highest BCUT2D eigenvalue weighted by Crippen LogP contribution is 2.30. The monoisotopic (exact) mass is 391 g/mol. The number of alkyl halides is 2. The summed E-state index contributed by atoms with van der Waals surface area (Å²) in [5.41, 5.74) is -0.262. The highest BCUT2D eigenvalue weighted by Gasteiger charge is 2.20. The van der Waals surface area contributed by atoms with Crippen molar-refractivity contribution < 1.29 is 18.7 Å². The van der Waals surface area contributed by atoms with Crippen molar-refractivity contribution in [1.82, 2.24) is 4.98 Å². The SMILES string of the molecule is O=C(O)Cc1c(C(F)F)cnc(I)c1Br. The molecule has 0 atom stereocenters. The van der Waals surface area contributed by atoms with Crippen LogP contribution in [0, 0.1) is 3.70 Å². The molecule has 1 N–H and O–H groups in total. The molecular formula is C8H5BrF2INO2. The minimum atomic E-state index is -2.72. The minimum Gasteiger partial charge on any atom is -0.481 e. The van der Waals surface area contributed by atoms with Crippen LogP contribution in [0.3, 0.4) is 0 Å². The molecule has 0 fully saturated rings. The summed E-state index contributed by atoms with van der Waals surface area (Å²) in [6, 6.07) is 0. The molecule has 0 saturated heterocycles. The highest BCUT2D eigenvalue weighted by atomic mass is 127. The molecule has 1 aromatic heterocycles. The van der Waals surface area contributed by atoms with Crippen LogP contribution in [0.25, 0.3) is 0 Å². The predicted octanol–water partition coefficient (Wildman–Crippen LogP) is 3.01. The molecule has 0 aliphatic carbocycles. The third kappa shape index (κ3) is 3.07. The molecule has 3 nitrogen and oxygen atoms in total. The number of carboxylic acid groups (broad SMARTS) is 1. The van der Waals surface area contributed by atoms with Crippen LogP contribution in [-0.2, 0) is 11.2 Å². The molecular weight excluding hydrogens is 387 g/mol. The van der Waals surface area contributed by atoms with E-state index in [1.54, 1.807) is 0 Å². The topological polar surface area (TPSA) is 50.2 Å². The molecule has 0 aliphatic rings. The maximum atomic E-state index is 12.5. The lowest BCUT2D eigenvalue weighted by atomic mass is 10.1. The third-order valence-electron chi connectivity index (χ3n) is 1.67. The van der Waals surface area contributed by atoms with E-state index in [-0.39, 0.29) is 11.1 Å². The number of carbonyl (C=O) groups is 1. The first-order chi connectivity index (χ1) is 6.93. The van der Waals surface area contributed by atoms with Crippen LogP contribution in [-0.4, -0.2) is 16.1 Å². The van der Waals surface area contributed by atoms with Gasteiger partial charge in [0.05, 0.1) is 10.9 Å². The number of carboxylic acids is 1. The summed E-state index contributed by atoms with van der Waals surface area (Å²) in [5.74, 6) is -1.15. The van der Waals surface area contributed by atoms with Crippen LogP contribution in [0.5, 0.6) is 0 Å². The van der Waals surface area contributed by atoms with Crippen molar-refractivity contribution in [2.75, 3.05) is 0 Å². The Morgan fingerprint density at radius 2 is 2.27 bits per heavy atom. The van der Waals surface area contributed by atoms with E-state index in [9.17, 15) is 13.6 Å². The van der Waals surface area contributed by atoms with E-state index in [4.69, 9.17) is 5.11 Å². The summed E-state index contributed by atoms with van der Waals surface area (Å²) >= 11 is 4.90. The van der Waals surface area contributed by atoms with Crippen molar-refractivity contribution in [3.8, 4) is 0 Å². The van der Waals surface area contributed by atoms with Gasteiger partial charge in [-0.05, 0) is 44.1 Å². The highest BCUT2D eigenvalue weighted by molar-refractivity contribution is 14.1. The van der Waals surface area contributed by atoms with Gasteiger partial charge in [0.25, 0.3) is 6.43 Å². The van der Waals surface area contributed by atoms with Gasteiger partial charge < -0.3 is 5.11 Å². The zero-order chi connectivity index (χ0) is 11.6. The van der Waals surface area contributed by atoms with Gasteiger partial charge >= 0.3 is 5.97 Å². The second-order valence-electron chi connectivity index (χ2n) is 2.67. The summed E-state index contributed by atoms with van der Waals surface area (Å²) in [4.78, 5) is 14.3. The number of aliphatic carboxylic acids is 1. The van der Waals surface area contributed by atoms with Crippen molar-refractivity contribution in [3.05, 3.63) is 25.5 Å². The maximum absolute atomic E-state index is 12.5. The van der Waals surface area contributed by atoms with Gasteiger partial charge in [0.1, 0.15) is 3.70 Å². The molecule has 0 unspecified atom stereocenters. The van der Waals surface area contributed by atoms with Crippen molar-refractivity contribution in [3.63, 3.8) is 0 Å². The molecule has 1 rings (SSSR count). The first-order valence-corrected chi connectivity index (χ1v) is 5.63. The van der Waals surface area contributed by atoms with E-state index < -0.39 is 18.8 Å². The maximum Gasteiger partial charge on any atom is 0.307 e. The molecule has 0 saturated carbocycles. The van der Waals surface area contributed by atoms with E-state index >= 15 is 0 Å². The number of halogens is 4. The third-order valence-corrected chi connectivity index (χ3v) is 4.09.